The van der Waals surface area contributed by atoms with E-state index in [1.165, 1.54) is 12.1 Å². The molecule has 0 bridgehead atoms. The topological polar surface area (TPSA) is 92.5 Å². The van der Waals surface area contributed by atoms with Gasteiger partial charge >= 0.3 is 0 Å². The standard InChI is InChI=1S/C20H25N3O3S/c1-15-2-6-18(7-3-15)22-27(25,26)19-8-4-17(5-9-19)20(24)23-12-10-16(14-21)11-13-23/h2-9,16,22H,10-14,21H2,1H3. The first kappa shape index (κ1) is 19.4. The number of nitrogens with one attached hydrogen (secondary N) is 1. The molecule has 0 aromatic heterocycles. The van der Waals surface area contributed by atoms with E-state index in [1.54, 1.807) is 29.2 Å². The van der Waals surface area contributed by atoms with Crippen LogP contribution in [0.3, 0.4) is 0 Å². The lowest BCUT2D eigenvalue weighted by atomic mass is 9.96. The van der Waals surface area contributed by atoms with Gasteiger partial charge in [0.25, 0.3) is 15.9 Å². The largest absolute Gasteiger partial charge is 0.339 e. The fourth-order valence-corrected chi connectivity index (χ4v) is 4.23. The average molecular weight is 388 g/mol. The SMILES string of the molecule is Cc1ccc(NS(=O)(=O)c2ccc(C(=O)N3CCC(CN)CC3)cc2)cc1. The molecule has 0 aliphatic carbocycles. The van der Waals surface area contributed by atoms with E-state index in [1.807, 2.05) is 19.1 Å². The highest BCUT2D eigenvalue weighted by Crippen LogP contribution is 2.20. The highest BCUT2D eigenvalue weighted by molar-refractivity contribution is 7.92. The van der Waals surface area contributed by atoms with Crippen LogP contribution in [0, 0.1) is 12.8 Å². The molecule has 2 aromatic carbocycles. The number of rotatable bonds is 5. The van der Waals surface area contributed by atoms with Gasteiger partial charge in [0.1, 0.15) is 0 Å². The fraction of sp³-hybridized carbons (Fsp3) is 0.350. The number of carbonyl (C=O) groups excluding carboxylic acids is 1. The van der Waals surface area contributed by atoms with Crippen molar-refractivity contribution in [1.29, 1.82) is 0 Å². The predicted octanol–water partition coefficient (Wildman–Crippen LogP) is 2.61. The number of aryl methyl sites for hydroxylation is 1. The van der Waals surface area contributed by atoms with Gasteiger partial charge in [0.05, 0.1) is 4.90 Å². The van der Waals surface area contributed by atoms with Crippen LogP contribution in [0.4, 0.5) is 5.69 Å². The molecule has 1 aliphatic rings. The monoisotopic (exact) mass is 387 g/mol. The lowest BCUT2D eigenvalue weighted by Crippen LogP contribution is -2.40. The Bertz CT molecular complexity index is 885. The van der Waals surface area contributed by atoms with Gasteiger partial charge < -0.3 is 10.6 Å². The molecule has 144 valence electrons. The maximum absolute atomic E-state index is 12.6. The van der Waals surface area contributed by atoms with Gasteiger partial charge in [-0.05, 0) is 68.6 Å². The van der Waals surface area contributed by atoms with Crippen molar-refractivity contribution in [2.45, 2.75) is 24.7 Å². The summed E-state index contributed by atoms with van der Waals surface area (Å²) >= 11 is 0. The molecule has 1 saturated heterocycles. The number of likely N-dealkylation sites (tertiary alicyclic amines) is 1. The second-order valence-electron chi connectivity index (χ2n) is 6.97. The van der Waals surface area contributed by atoms with Gasteiger partial charge in [-0.25, -0.2) is 8.42 Å². The minimum atomic E-state index is -3.69. The van der Waals surface area contributed by atoms with E-state index in [2.05, 4.69) is 4.72 Å². The third-order valence-corrected chi connectivity index (χ3v) is 6.35. The number of piperidine rings is 1. The molecule has 27 heavy (non-hydrogen) atoms. The molecule has 1 heterocycles. The maximum atomic E-state index is 12.6. The Hall–Kier alpha value is -2.38. The number of hydrogen-bond acceptors (Lipinski definition) is 4. The van der Waals surface area contributed by atoms with Crippen molar-refractivity contribution in [3.8, 4) is 0 Å². The van der Waals surface area contributed by atoms with E-state index in [9.17, 15) is 13.2 Å². The van der Waals surface area contributed by atoms with Crippen LogP contribution >= 0.6 is 0 Å². The molecular formula is C20H25N3O3S. The molecule has 7 heteroatoms. The predicted molar refractivity (Wildman–Crippen MR) is 106 cm³/mol. The first-order valence-corrected chi connectivity index (χ1v) is 10.6. The molecule has 0 radical (unpaired) electrons. The Morgan fingerprint density at radius 2 is 1.67 bits per heavy atom. The summed E-state index contributed by atoms with van der Waals surface area (Å²) in [4.78, 5) is 14.5. The van der Waals surface area contributed by atoms with Crippen molar-refractivity contribution in [3.63, 3.8) is 0 Å². The molecule has 6 nitrogen and oxygen atoms in total. The number of anilines is 1. The van der Waals surface area contributed by atoms with Gasteiger partial charge in [0.15, 0.2) is 0 Å². The van der Waals surface area contributed by atoms with Crippen LogP contribution in [0.25, 0.3) is 0 Å². The summed E-state index contributed by atoms with van der Waals surface area (Å²) in [6.45, 7) is 3.97. The molecule has 1 aliphatic heterocycles. The minimum Gasteiger partial charge on any atom is -0.339 e. The van der Waals surface area contributed by atoms with Crippen LogP contribution in [0.15, 0.2) is 53.4 Å². The van der Waals surface area contributed by atoms with E-state index in [-0.39, 0.29) is 10.8 Å². The maximum Gasteiger partial charge on any atom is 0.261 e. The van der Waals surface area contributed by atoms with E-state index in [0.29, 0.717) is 36.8 Å². The normalized spacial score (nSPS) is 15.6. The first-order valence-electron chi connectivity index (χ1n) is 9.08. The van der Waals surface area contributed by atoms with Crippen molar-refractivity contribution in [1.82, 2.24) is 4.90 Å². The van der Waals surface area contributed by atoms with Crippen molar-refractivity contribution in [2.24, 2.45) is 11.7 Å². The number of carbonyl (C=O) groups is 1. The zero-order chi connectivity index (χ0) is 19.4. The number of nitrogens with two attached hydrogens (primary N) is 1. The molecule has 1 fully saturated rings. The lowest BCUT2D eigenvalue weighted by molar-refractivity contribution is 0.0693. The number of benzene rings is 2. The molecule has 2 aromatic rings. The molecule has 0 atom stereocenters. The van der Waals surface area contributed by atoms with Crippen LogP contribution in [-0.2, 0) is 10.0 Å². The van der Waals surface area contributed by atoms with Gasteiger partial charge in [-0.1, -0.05) is 17.7 Å². The second-order valence-corrected chi connectivity index (χ2v) is 8.65. The summed E-state index contributed by atoms with van der Waals surface area (Å²) in [5, 5.41) is 0. The van der Waals surface area contributed by atoms with E-state index >= 15 is 0 Å². The summed E-state index contributed by atoms with van der Waals surface area (Å²) in [7, 11) is -3.69. The van der Waals surface area contributed by atoms with E-state index < -0.39 is 10.0 Å². The van der Waals surface area contributed by atoms with Crippen LogP contribution < -0.4 is 10.5 Å². The molecule has 0 unspecified atom stereocenters. The Morgan fingerprint density at radius 1 is 1.07 bits per heavy atom. The zero-order valence-corrected chi connectivity index (χ0v) is 16.2. The van der Waals surface area contributed by atoms with Gasteiger partial charge in [-0.2, -0.15) is 0 Å². The van der Waals surface area contributed by atoms with Crippen molar-refractivity contribution >= 4 is 21.6 Å². The van der Waals surface area contributed by atoms with Gasteiger partial charge in [0.2, 0.25) is 0 Å². The summed E-state index contributed by atoms with van der Waals surface area (Å²) < 4.78 is 27.6. The Kier molecular flexibility index (Phi) is 5.82. The Morgan fingerprint density at radius 3 is 2.22 bits per heavy atom. The van der Waals surface area contributed by atoms with Crippen LogP contribution in [0.5, 0.6) is 0 Å². The molecule has 0 spiro atoms. The average Bonchev–Trinajstić information content (AvgIpc) is 2.69. The van der Waals surface area contributed by atoms with Crippen molar-refractivity contribution in [3.05, 3.63) is 59.7 Å². The number of amides is 1. The van der Waals surface area contributed by atoms with Crippen LogP contribution in [0.1, 0.15) is 28.8 Å². The van der Waals surface area contributed by atoms with Gasteiger partial charge in [-0.15, -0.1) is 0 Å². The molecular weight excluding hydrogens is 362 g/mol. The molecule has 0 saturated carbocycles. The summed E-state index contributed by atoms with van der Waals surface area (Å²) in [6.07, 6.45) is 1.82. The minimum absolute atomic E-state index is 0.0686. The van der Waals surface area contributed by atoms with Crippen molar-refractivity contribution < 1.29 is 13.2 Å². The summed E-state index contributed by atoms with van der Waals surface area (Å²) in [6, 6.07) is 13.2. The number of hydrogen-bond donors (Lipinski definition) is 2. The van der Waals surface area contributed by atoms with Crippen LogP contribution in [-0.4, -0.2) is 38.9 Å². The molecule has 3 rings (SSSR count). The van der Waals surface area contributed by atoms with Crippen LogP contribution in [0.2, 0.25) is 0 Å². The Labute approximate surface area is 160 Å². The second kappa shape index (κ2) is 8.10. The third-order valence-electron chi connectivity index (χ3n) is 4.95. The number of nitrogens with zero attached hydrogens (tertiary/aromatic N) is 1. The summed E-state index contributed by atoms with van der Waals surface area (Å²) in [5.41, 5.74) is 7.74. The Balaban J connectivity index is 1.69. The highest BCUT2D eigenvalue weighted by Gasteiger charge is 2.23. The number of sulfonamides is 1. The van der Waals surface area contributed by atoms with Crippen molar-refractivity contribution in [2.75, 3.05) is 24.4 Å². The third kappa shape index (κ3) is 4.67. The zero-order valence-electron chi connectivity index (χ0n) is 15.4. The smallest absolute Gasteiger partial charge is 0.261 e. The first-order chi connectivity index (χ1) is 12.9. The quantitative estimate of drug-likeness (QED) is 0.825. The fourth-order valence-electron chi connectivity index (χ4n) is 3.17. The van der Waals surface area contributed by atoms with Gasteiger partial charge in [-0.3, -0.25) is 9.52 Å². The van der Waals surface area contributed by atoms with Gasteiger partial charge in [0, 0.05) is 24.3 Å². The molecule has 1 amide bonds. The van der Waals surface area contributed by atoms with E-state index in [0.717, 1.165) is 18.4 Å². The molecule has 3 N–H and O–H groups in total. The van der Waals surface area contributed by atoms with E-state index in [4.69, 9.17) is 5.73 Å². The lowest BCUT2D eigenvalue weighted by Gasteiger charge is -2.31. The summed E-state index contributed by atoms with van der Waals surface area (Å²) in [5.74, 6) is 0.412. The highest BCUT2D eigenvalue weighted by atomic mass is 32.2.